The number of hydrogen-bond acceptors (Lipinski definition) is 4. The van der Waals surface area contributed by atoms with E-state index in [0.29, 0.717) is 28.4 Å². The normalized spacial score (nSPS) is 11.0. The molecule has 0 aliphatic heterocycles. The minimum Gasteiger partial charge on any atom is -0.497 e. The number of halogens is 1. The highest BCUT2D eigenvalue weighted by Crippen LogP contribution is 2.24. The summed E-state index contributed by atoms with van der Waals surface area (Å²) in [6.45, 7) is 4.26. The second kappa shape index (κ2) is 8.88. The van der Waals surface area contributed by atoms with E-state index >= 15 is 0 Å². The van der Waals surface area contributed by atoms with Crippen LogP contribution < -0.4 is 15.6 Å². The molecule has 1 amide bonds. The van der Waals surface area contributed by atoms with Crippen molar-refractivity contribution in [3.05, 3.63) is 87.1 Å². The van der Waals surface area contributed by atoms with Gasteiger partial charge in [-0.1, -0.05) is 29.8 Å². The third-order valence-electron chi connectivity index (χ3n) is 5.48. The van der Waals surface area contributed by atoms with E-state index in [0.717, 1.165) is 22.3 Å². The van der Waals surface area contributed by atoms with E-state index in [1.807, 2.05) is 38.1 Å². The van der Waals surface area contributed by atoms with E-state index in [1.165, 1.54) is 4.68 Å². The van der Waals surface area contributed by atoms with Crippen molar-refractivity contribution in [2.24, 2.45) is 0 Å². The molecule has 2 heterocycles. The van der Waals surface area contributed by atoms with Crippen LogP contribution in [0.3, 0.4) is 0 Å². The fourth-order valence-corrected chi connectivity index (χ4v) is 4.06. The molecule has 2 aromatic carbocycles. The standard InChI is InChI=1S/C24H23ClN4O3/c1-15-21-12-26-29(14-22(30)27-19-8-5-9-20(11-19)32-3)24(31)23(21)16(2)28(15)13-17-6-4-7-18(25)10-17/h4-12H,13-14H2,1-3H3,(H,27,30). The monoisotopic (exact) mass is 450 g/mol. The maximum atomic E-state index is 13.2. The van der Waals surface area contributed by atoms with Gasteiger partial charge in [0.15, 0.2) is 0 Å². The molecule has 4 rings (SSSR count). The van der Waals surface area contributed by atoms with Crippen LogP contribution in [0.5, 0.6) is 5.75 Å². The van der Waals surface area contributed by atoms with Gasteiger partial charge in [-0.15, -0.1) is 0 Å². The Morgan fingerprint density at radius 1 is 1.12 bits per heavy atom. The third kappa shape index (κ3) is 4.24. The second-order valence-electron chi connectivity index (χ2n) is 7.56. The Balaban J connectivity index is 1.63. The van der Waals surface area contributed by atoms with Crippen molar-refractivity contribution >= 4 is 34.0 Å². The van der Waals surface area contributed by atoms with Gasteiger partial charge in [0.1, 0.15) is 12.3 Å². The highest BCUT2D eigenvalue weighted by atomic mass is 35.5. The quantitative estimate of drug-likeness (QED) is 0.478. The van der Waals surface area contributed by atoms with Crippen molar-refractivity contribution in [1.29, 1.82) is 0 Å². The molecular formula is C24H23ClN4O3. The highest BCUT2D eigenvalue weighted by molar-refractivity contribution is 6.30. The molecule has 0 saturated heterocycles. The predicted molar refractivity (Wildman–Crippen MR) is 126 cm³/mol. The van der Waals surface area contributed by atoms with Gasteiger partial charge in [-0.3, -0.25) is 9.59 Å². The number of nitrogens with zero attached hydrogens (tertiary/aromatic N) is 3. The molecule has 7 nitrogen and oxygen atoms in total. The van der Waals surface area contributed by atoms with Gasteiger partial charge in [-0.2, -0.15) is 5.10 Å². The second-order valence-corrected chi connectivity index (χ2v) is 8.00. The van der Waals surface area contributed by atoms with E-state index in [2.05, 4.69) is 15.0 Å². The molecule has 0 saturated carbocycles. The molecule has 2 aromatic heterocycles. The maximum Gasteiger partial charge on any atom is 0.276 e. The number of hydrogen-bond donors (Lipinski definition) is 1. The largest absolute Gasteiger partial charge is 0.497 e. The number of aromatic nitrogens is 3. The van der Waals surface area contributed by atoms with E-state index in [1.54, 1.807) is 37.6 Å². The summed E-state index contributed by atoms with van der Waals surface area (Å²) in [4.78, 5) is 25.7. The number of carbonyl (C=O) groups excluding carboxylic acids is 1. The number of carbonyl (C=O) groups is 1. The average Bonchev–Trinajstić information content (AvgIpc) is 3.01. The summed E-state index contributed by atoms with van der Waals surface area (Å²) in [7, 11) is 1.56. The lowest BCUT2D eigenvalue weighted by Gasteiger charge is -2.09. The number of amides is 1. The van der Waals surface area contributed by atoms with Crippen molar-refractivity contribution in [3.8, 4) is 5.75 Å². The molecule has 0 fully saturated rings. The number of nitrogens with one attached hydrogen (secondary N) is 1. The number of fused-ring (bicyclic) bond motifs is 1. The lowest BCUT2D eigenvalue weighted by Crippen LogP contribution is -2.29. The topological polar surface area (TPSA) is 78.2 Å². The number of ether oxygens (including phenoxy) is 1. The van der Waals surface area contributed by atoms with E-state index < -0.39 is 0 Å². The maximum absolute atomic E-state index is 13.2. The van der Waals surface area contributed by atoms with Gasteiger partial charge < -0.3 is 14.6 Å². The van der Waals surface area contributed by atoms with Crippen LogP contribution in [0.25, 0.3) is 10.8 Å². The van der Waals surface area contributed by atoms with Gasteiger partial charge in [0.05, 0.1) is 18.7 Å². The molecule has 0 unspecified atom stereocenters. The molecule has 8 heteroatoms. The van der Waals surface area contributed by atoms with Gasteiger partial charge in [0, 0.05) is 40.1 Å². The fourth-order valence-electron chi connectivity index (χ4n) is 3.85. The van der Waals surface area contributed by atoms with Crippen LogP contribution >= 0.6 is 11.6 Å². The summed E-state index contributed by atoms with van der Waals surface area (Å²) in [6, 6.07) is 14.7. The lowest BCUT2D eigenvalue weighted by atomic mass is 10.2. The summed E-state index contributed by atoms with van der Waals surface area (Å²) in [6.07, 6.45) is 1.65. The van der Waals surface area contributed by atoms with Gasteiger partial charge in [-0.25, -0.2) is 4.68 Å². The Morgan fingerprint density at radius 2 is 1.91 bits per heavy atom. The van der Waals surface area contributed by atoms with Crippen LogP contribution in [0.1, 0.15) is 17.0 Å². The first-order chi connectivity index (χ1) is 15.4. The predicted octanol–water partition coefficient (Wildman–Crippen LogP) is 4.16. The zero-order valence-corrected chi connectivity index (χ0v) is 18.8. The first-order valence-corrected chi connectivity index (χ1v) is 10.5. The Labute approximate surface area is 190 Å². The van der Waals surface area contributed by atoms with Crippen molar-refractivity contribution in [3.63, 3.8) is 0 Å². The molecule has 0 aliphatic rings. The molecule has 0 bridgehead atoms. The highest BCUT2D eigenvalue weighted by Gasteiger charge is 2.17. The van der Waals surface area contributed by atoms with Crippen LogP contribution in [0, 0.1) is 13.8 Å². The Morgan fingerprint density at radius 3 is 2.66 bits per heavy atom. The van der Waals surface area contributed by atoms with E-state index in [-0.39, 0.29) is 18.0 Å². The zero-order chi connectivity index (χ0) is 22.8. The molecule has 32 heavy (non-hydrogen) atoms. The number of methoxy groups -OCH3 is 1. The SMILES string of the molecule is COc1cccc(NC(=O)Cn2ncc3c(C)n(Cc4cccc(Cl)c4)c(C)c3c2=O)c1. The minimum absolute atomic E-state index is 0.191. The van der Waals surface area contributed by atoms with Gasteiger partial charge in [-0.05, 0) is 43.7 Å². The number of rotatable bonds is 6. The first kappa shape index (κ1) is 21.6. The smallest absolute Gasteiger partial charge is 0.276 e. The van der Waals surface area contributed by atoms with Crippen molar-refractivity contribution in [1.82, 2.24) is 14.3 Å². The van der Waals surface area contributed by atoms with Crippen LogP contribution in [0.2, 0.25) is 5.02 Å². The van der Waals surface area contributed by atoms with Gasteiger partial charge in [0.2, 0.25) is 5.91 Å². The molecule has 1 N–H and O–H groups in total. The first-order valence-electron chi connectivity index (χ1n) is 10.1. The summed E-state index contributed by atoms with van der Waals surface area (Å²) < 4.78 is 8.43. The van der Waals surface area contributed by atoms with Crippen molar-refractivity contribution < 1.29 is 9.53 Å². The Kier molecular flexibility index (Phi) is 6.01. The van der Waals surface area contributed by atoms with Crippen molar-refractivity contribution in [2.75, 3.05) is 12.4 Å². The zero-order valence-electron chi connectivity index (χ0n) is 18.1. The van der Waals surface area contributed by atoms with E-state index in [4.69, 9.17) is 16.3 Å². The molecule has 0 radical (unpaired) electrons. The van der Waals surface area contributed by atoms with Gasteiger partial charge >= 0.3 is 0 Å². The van der Waals surface area contributed by atoms with Crippen LogP contribution in [0.15, 0.2) is 59.5 Å². The Hall–Kier alpha value is -3.58. The summed E-state index contributed by atoms with van der Waals surface area (Å²) in [5.41, 5.74) is 3.09. The minimum atomic E-state index is -0.347. The molecule has 4 aromatic rings. The summed E-state index contributed by atoms with van der Waals surface area (Å²) in [5, 5.41) is 9.02. The van der Waals surface area contributed by atoms with E-state index in [9.17, 15) is 9.59 Å². The fraction of sp³-hybridized carbons (Fsp3) is 0.208. The van der Waals surface area contributed by atoms with Gasteiger partial charge in [0.25, 0.3) is 5.56 Å². The van der Waals surface area contributed by atoms with Crippen molar-refractivity contribution in [2.45, 2.75) is 26.9 Å². The number of benzene rings is 2. The number of aryl methyl sites for hydroxylation is 2. The lowest BCUT2D eigenvalue weighted by molar-refractivity contribution is -0.117. The molecule has 0 aliphatic carbocycles. The van der Waals surface area contributed by atoms with Crippen LogP contribution in [-0.4, -0.2) is 27.4 Å². The molecule has 0 spiro atoms. The third-order valence-corrected chi connectivity index (χ3v) is 5.72. The average molecular weight is 451 g/mol. The summed E-state index contributed by atoms with van der Waals surface area (Å²) >= 11 is 6.12. The van der Waals surface area contributed by atoms with Crippen LogP contribution in [-0.2, 0) is 17.9 Å². The summed E-state index contributed by atoms with van der Waals surface area (Å²) in [5.74, 6) is 0.284. The number of anilines is 1. The molecule has 164 valence electrons. The molecular weight excluding hydrogens is 428 g/mol. The van der Waals surface area contributed by atoms with Crippen LogP contribution in [0.4, 0.5) is 5.69 Å². The Bertz CT molecular complexity index is 1370. The molecule has 0 atom stereocenters.